The maximum Gasteiger partial charge on any atom is 0.153 e. The molecule has 0 bridgehead atoms. The van der Waals surface area contributed by atoms with Crippen LogP contribution in [0.15, 0.2) is 30.3 Å². The molecule has 4 unspecified atom stereocenters. The Labute approximate surface area is 112 Å². The molecule has 3 heteroatoms. The molecule has 0 spiro atoms. The quantitative estimate of drug-likeness (QED) is 0.841. The van der Waals surface area contributed by atoms with Gasteiger partial charge in [0.15, 0.2) is 11.1 Å². The standard InChI is InChI=1S/C15H22O2S/c1-2-12-9-6-10-14(15(12)11-18(16)17)13-7-4-3-5-8-13/h3-5,7-8,12,14-15H,2,6,9-11H2,1H3,(H,16,17). The van der Waals surface area contributed by atoms with E-state index in [0.717, 1.165) is 12.8 Å². The lowest BCUT2D eigenvalue weighted by molar-refractivity contribution is 0.216. The highest BCUT2D eigenvalue weighted by atomic mass is 32.2. The van der Waals surface area contributed by atoms with Crippen molar-refractivity contribution >= 4 is 11.1 Å². The Hall–Kier alpha value is -0.670. The Kier molecular flexibility index (Phi) is 4.95. The summed E-state index contributed by atoms with van der Waals surface area (Å²) in [4.78, 5) is 0. The summed E-state index contributed by atoms with van der Waals surface area (Å²) in [6.45, 7) is 2.20. The van der Waals surface area contributed by atoms with E-state index in [1.54, 1.807) is 0 Å². The number of benzene rings is 1. The molecular weight excluding hydrogens is 244 g/mol. The van der Waals surface area contributed by atoms with Crippen molar-refractivity contribution in [1.29, 1.82) is 0 Å². The Bertz CT molecular complexity index is 391. The van der Waals surface area contributed by atoms with Gasteiger partial charge in [0.1, 0.15) is 0 Å². The second kappa shape index (κ2) is 6.48. The minimum absolute atomic E-state index is 0.358. The van der Waals surface area contributed by atoms with Crippen LogP contribution in [0, 0.1) is 11.8 Å². The van der Waals surface area contributed by atoms with Crippen molar-refractivity contribution in [3.05, 3.63) is 35.9 Å². The summed E-state index contributed by atoms with van der Waals surface area (Å²) in [5.74, 6) is 1.84. The van der Waals surface area contributed by atoms with Gasteiger partial charge in [-0.2, -0.15) is 0 Å². The smallest absolute Gasteiger partial charge is 0.153 e. The monoisotopic (exact) mass is 266 g/mol. The van der Waals surface area contributed by atoms with Crippen molar-refractivity contribution in [2.75, 3.05) is 5.75 Å². The van der Waals surface area contributed by atoms with Crippen LogP contribution in [-0.2, 0) is 11.1 Å². The van der Waals surface area contributed by atoms with Crippen LogP contribution in [0.5, 0.6) is 0 Å². The molecule has 1 aromatic rings. The predicted molar refractivity (Wildman–Crippen MR) is 75.9 cm³/mol. The molecule has 0 amide bonds. The summed E-state index contributed by atoms with van der Waals surface area (Å²) in [6, 6.07) is 10.5. The molecule has 0 aromatic heterocycles. The molecule has 4 atom stereocenters. The van der Waals surface area contributed by atoms with E-state index in [1.807, 2.05) is 6.07 Å². The first-order valence-corrected chi connectivity index (χ1v) is 8.12. The fourth-order valence-corrected chi connectivity index (χ4v) is 4.23. The van der Waals surface area contributed by atoms with Crippen LogP contribution in [0.3, 0.4) is 0 Å². The van der Waals surface area contributed by atoms with Gasteiger partial charge in [-0.1, -0.05) is 56.5 Å². The minimum Gasteiger partial charge on any atom is -0.306 e. The number of hydrogen-bond acceptors (Lipinski definition) is 1. The van der Waals surface area contributed by atoms with E-state index in [9.17, 15) is 8.76 Å². The van der Waals surface area contributed by atoms with E-state index in [2.05, 4.69) is 31.2 Å². The second-order valence-electron chi connectivity index (χ2n) is 5.27. The lowest BCUT2D eigenvalue weighted by atomic mass is 9.69. The van der Waals surface area contributed by atoms with E-state index in [0.29, 0.717) is 23.5 Å². The first kappa shape index (κ1) is 13.8. The summed E-state index contributed by atoms with van der Waals surface area (Å²) >= 11 is -1.68. The van der Waals surface area contributed by atoms with Gasteiger partial charge in [-0.25, -0.2) is 4.21 Å². The van der Waals surface area contributed by atoms with Crippen LogP contribution in [0.4, 0.5) is 0 Å². The van der Waals surface area contributed by atoms with Crippen molar-refractivity contribution < 1.29 is 8.76 Å². The van der Waals surface area contributed by atoms with Gasteiger partial charge in [0.25, 0.3) is 0 Å². The van der Waals surface area contributed by atoms with Crippen LogP contribution in [0.2, 0.25) is 0 Å². The van der Waals surface area contributed by atoms with Crippen LogP contribution in [0.25, 0.3) is 0 Å². The van der Waals surface area contributed by atoms with E-state index in [-0.39, 0.29) is 0 Å². The second-order valence-corrected chi connectivity index (χ2v) is 6.24. The third-order valence-corrected chi connectivity index (χ3v) is 4.97. The van der Waals surface area contributed by atoms with Crippen molar-refractivity contribution in [2.45, 2.75) is 38.5 Å². The van der Waals surface area contributed by atoms with Gasteiger partial charge in [0.2, 0.25) is 0 Å². The minimum atomic E-state index is -1.68. The van der Waals surface area contributed by atoms with E-state index in [4.69, 9.17) is 0 Å². The molecule has 1 aliphatic rings. The molecule has 0 radical (unpaired) electrons. The molecule has 0 saturated heterocycles. The molecule has 0 aliphatic heterocycles. The highest BCUT2D eigenvalue weighted by Crippen LogP contribution is 2.42. The van der Waals surface area contributed by atoms with Crippen molar-refractivity contribution in [1.82, 2.24) is 0 Å². The van der Waals surface area contributed by atoms with Gasteiger partial charge in [-0.05, 0) is 29.7 Å². The van der Waals surface area contributed by atoms with Gasteiger partial charge < -0.3 is 4.55 Å². The van der Waals surface area contributed by atoms with Gasteiger partial charge >= 0.3 is 0 Å². The number of hydrogen-bond donors (Lipinski definition) is 1. The molecule has 100 valence electrons. The largest absolute Gasteiger partial charge is 0.306 e. The van der Waals surface area contributed by atoms with Crippen molar-refractivity contribution in [3.8, 4) is 0 Å². The Balaban J connectivity index is 2.22. The average molecular weight is 266 g/mol. The Morgan fingerprint density at radius 3 is 2.61 bits per heavy atom. The molecular formula is C15H22O2S. The molecule has 1 aromatic carbocycles. The lowest BCUT2D eigenvalue weighted by Gasteiger charge is -2.37. The Morgan fingerprint density at radius 2 is 2.00 bits per heavy atom. The molecule has 1 aliphatic carbocycles. The zero-order valence-electron chi connectivity index (χ0n) is 10.9. The summed E-state index contributed by atoms with van der Waals surface area (Å²) in [5, 5.41) is 0. The van der Waals surface area contributed by atoms with Crippen LogP contribution in [-0.4, -0.2) is 14.5 Å². The SMILES string of the molecule is CCC1CCCC(c2ccccc2)C1CS(=O)O. The fraction of sp³-hybridized carbons (Fsp3) is 0.600. The topological polar surface area (TPSA) is 37.3 Å². The fourth-order valence-electron chi connectivity index (χ4n) is 3.39. The molecule has 1 fully saturated rings. The summed E-state index contributed by atoms with van der Waals surface area (Å²) in [5.41, 5.74) is 1.34. The molecule has 18 heavy (non-hydrogen) atoms. The highest BCUT2D eigenvalue weighted by Gasteiger charge is 2.34. The van der Waals surface area contributed by atoms with Crippen molar-refractivity contribution in [2.24, 2.45) is 11.8 Å². The van der Waals surface area contributed by atoms with E-state index in [1.165, 1.54) is 18.4 Å². The molecule has 0 heterocycles. The van der Waals surface area contributed by atoms with E-state index < -0.39 is 11.1 Å². The van der Waals surface area contributed by atoms with Crippen LogP contribution < -0.4 is 0 Å². The third kappa shape index (κ3) is 3.21. The maximum absolute atomic E-state index is 11.2. The summed E-state index contributed by atoms with van der Waals surface area (Å²) in [7, 11) is 0. The Morgan fingerprint density at radius 1 is 1.28 bits per heavy atom. The van der Waals surface area contributed by atoms with Crippen LogP contribution >= 0.6 is 0 Å². The summed E-state index contributed by atoms with van der Waals surface area (Å²) < 4.78 is 20.5. The zero-order valence-corrected chi connectivity index (χ0v) is 11.7. The lowest BCUT2D eigenvalue weighted by Crippen LogP contribution is -2.31. The zero-order chi connectivity index (χ0) is 13.0. The van der Waals surface area contributed by atoms with Gasteiger partial charge in [0, 0.05) is 0 Å². The van der Waals surface area contributed by atoms with Gasteiger partial charge in [-0.15, -0.1) is 0 Å². The average Bonchev–Trinajstić information content (AvgIpc) is 2.39. The summed E-state index contributed by atoms with van der Waals surface area (Å²) in [6.07, 6.45) is 4.72. The molecule has 2 rings (SSSR count). The van der Waals surface area contributed by atoms with Crippen LogP contribution in [0.1, 0.15) is 44.1 Å². The third-order valence-electron chi connectivity index (χ3n) is 4.30. The number of rotatable bonds is 4. The van der Waals surface area contributed by atoms with E-state index >= 15 is 0 Å². The van der Waals surface area contributed by atoms with Crippen molar-refractivity contribution in [3.63, 3.8) is 0 Å². The first-order chi connectivity index (χ1) is 8.72. The molecule has 1 N–H and O–H groups in total. The van der Waals surface area contributed by atoms with Gasteiger partial charge in [-0.3, -0.25) is 0 Å². The maximum atomic E-state index is 11.2. The molecule has 1 saturated carbocycles. The van der Waals surface area contributed by atoms with Gasteiger partial charge in [0.05, 0.1) is 5.75 Å². The first-order valence-electron chi connectivity index (χ1n) is 6.84. The molecule has 2 nitrogen and oxygen atoms in total. The predicted octanol–water partition coefficient (Wildman–Crippen LogP) is 3.82. The normalized spacial score (nSPS) is 30.0. The highest BCUT2D eigenvalue weighted by molar-refractivity contribution is 7.79.